The van der Waals surface area contributed by atoms with Crippen LogP contribution >= 0.6 is 0 Å². The van der Waals surface area contributed by atoms with Gasteiger partial charge in [-0.3, -0.25) is 20.2 Å². The summed E-state index contributed by atoms with van der Waals surface area (Å²) in [6.45, 7) is 4.01. The van der Waals surface area contributed by atoms with Crippen molar-refractivity contribution in [1.29, 1.82) is 0 Å². The maximum Gasteiger partial charge on any atom is 0.325 e. The lowest BCUT2D eigenvalue weighted by atomic mass is 9.77. The number of likely N-dealkylation sites (N-methyl/N-ethyl adjacent to an activating group) is 1. The largest absolute Gasteiger partial charge is 0.355 e. The van der Waals surface area contributed by atoms with Gasteiger partial charge in [-0.15, -0.1) is 0 Å². The van der Waals surface area contributed by atoms with E-state index >= 15 is 0 Å². The van der Waals surface area contributed by atoms with Crippen molar-refractivity contribution in [2.75, 3.05) is 26.7 Å². The van der Waals surface area contributed by atoms with Gasteiger partial charge in [0.05, 0.1) is 18.0 Å². The quantitative estimate of drug-likeness (QED) is 0.560. The fourth-order valence-electron chi connectivity index (χ4n) is 4.79. The van der Waals surface area contributed by atoms with Crippen LogP contribution in [0.1, 0.15) is 45.4 Å². The molecule has 0 radical (unpaired) electrons. The molecular formula is C20H33N5O3. The second-order valence-electron chi connectivity index (χ2n) is 8.91. The zero-order valence-electron chi connectivity index (χ0n) is 16.9. The Bertz CT molecular complexity index is 633. The lowest BCUT2D eigenvalue weighted by Gasteiger charge is -2.48. The molecule has 8 heteroatoms. The zero-order valence-corrected chi connectivity index (χ0v) is 16.9. The standard InChI is InChI=1S/C20H33N5O3/c1-3-9-25-17-16(19(27)23-20(25)28)14(11-15(22-17)12-4-5-12)18(26)21-8-10-24(2)13-6-7-13/h12-17,22H,3-11H2,1-2H3,(H,21,26)(H,23,27,28). The molecule has 156 valence electrons. The number of nitrogens with one attached hydrogen (secondary N) is 3. The second-order valence-corrected chi connectivity index (χ2v) is 8.91. The predicted molar refractivity (Wildman–Crippen MR) is 104 cm³/mol. The lowest BCUT2D eigenvalue weighted by molar-refractivity contribution is -0.143. The molecule has 4 amide bonds. The number of fused-ring (bicyclic) bond motifs is 1. The molecule has 2 aliphatic heterocycles. The van der Waals surface area contributed by atoms with Gasteiger partial charge in [-0.25, -0.2) is 4.79 Å². The minimum absolute atomic E-state index is 0.0488. The van der Waals surface area contributed by atoms with Gasteiger partial charge in [0.2, 0.25) is 11.8 Å². The first-order valence-corrected chi connectivity index (χ1v) is 10.8. The first-order valence-electron chi connectivity index (χ1n) is 10.8. The third-order valence-electron chi connectivity index (χ3n) is 6.72. The minimum atomic E-state index is -0.527. The Morgan fingerprint density at radius 3 is 2.64 bits per heavy atom. The van der Waals surface area contributed by atoms with E-state index in [0.717, 1.165) is 25.8 Å². The predicted octanol–water partition coefficient (Wildman–Crippen LogP) is 0.489. The van der Waals surface area contributed by atoms with E-state index in [4.69, 9.17) is 0 Å². The topological polar surface area (TPSA) is 93.8 Å². The molecule has 28 heavy (non-hydrogen) atoms. The van der Waals surface area contributed by atoms with E-state index in [1.54, 1.807) is 4.90 Å². The van der Waals surface area contributed by atoms with Gasteiger partial charge < -0.3 is 15.1 Å². The number of carbonyl (C=O) groups is 3. The molecule has 2 saturated carbocycles. The number of hydrogen-bond donors (Lipinski definition) is 3. The SMILES string of the molecule is CCCN1C(=O)NC(=O)C2C(C(=O)NCCN(C)C3CC3)CC(C3CC3)NC21. The van der Waals surface area contributed by atoms with Gasteiger partial charge in [-0.1, -0.05) is 6.92 Å². The smallest absolute Gasteiger partial charge is 0.325 e. The highest BCUT2D eigenvalue weighted by molar-refractivity contribution is 6.00. The number of carbonyl (C=O) groups excluding carboxylic acids is 3. The molecule has 0 bridgehead atoms. The highest BCUT2D eigenvalue weighted by Crippen LogP contribution is 2.41. The van der Waals surface area contributed by atoms with E-state index in [9.17, 15) is 14.4 Å². The molecule has 3 N–H and O–H groups in total. The van der Waals surface area contributed by atoms with Gasteiger partial charge in [-0.05, 0) is 51.5 Å². The summed E-state index contributed by atoms with van der Waals surface area (Å²) in [5.74, 6) is -0.733. The normalized spacial score (nSPS) is 32.9. The molecular weight excluding hydrogens is 358 g/mol. The van der Waals surface area contributed by atoms with Crippen LogP contribution in [0.25, 0.3) is 0 Å². The number of hydrogen-bond acceptors (Lipinski definition) is 5. The van der Waals surface area contributed by atoms with Gasteiger partial charge in [-0.2, -0.15) is 0 Å². The van der Waals surface area contributed by atoms with Crippen LogP contribution in [0, 0.1) is 17.8 Å². The monoisotopic (exact) mass is 391 g/mol. The van der Waals surface area contributed by atoms with Gasteiger partial charge >= 0.3 is 6.03 Å². The van der Waals surface area contributed by atoms with E-state index < -0.39 is 11.8 Å². The van der Waals surface area contributed by atoms with Gasteiger partial charge in [0.1, 0.15) is 0 Å². The first-order chi connectivity index (χ1) is 13.5. The van der Waals surface area contributed by atoms with E-state index in [1.165, 1.54) is 12.8 Å². The van der Waals surface area contributed by atoms with E-state index in [-0.39, 0.29) is 30.1 Å². The summed E-state index contributed by atoms with van der Waals surface area (Å²) in [5, 5.41) is 9.09. The summed E-state index contributed by atoms with van der Waals surface area (Å²) < 4.78 is 0. The Kier molecular flexibility index (Phi) is 5.60. The van der Waals surface area contributed by atoms with Crippen molar-refractivity contribution >= 4 is 17.8 Å². The van der Waals surface area contributed by atoms with E-state index in [0.29, 0.717) is 31.5 Å². The average Bonchev–Trinajstić information content (AvgIpc) is 3.56. The summed E-state index contributed by atoms with van der Waals surface area (Å²) in [4.78, 5) is 42.1. The van der Waals surface area contributed by atoms with Crippen molar-refractivity contribution in [3.63, 3.8) is 0 Å². The van der Waals surface area contributed by atoms with E-state index in [2.05, 4.69) is 27.9 Å². The summed E-state index contributed by atoms with van der Waals surface area (Å²) in [6, 6.07) is 0.517. The highest BCUT2D eigenvalue weighted by Gasteiger charge is 2.53. The Hall–Kier alpha value is -1.67. The molecule has 0 spiro atoms. The Morgan fingerprint density at radius 2 is 2.00 bits per heavy atom. The molecule has 4 fully saturated rings. The number of rotatable bonds is 8. The number of amides is 4. The van der Waals surface area contributed by atoms with Crippen LogP contribution < -0.4 is 16.0 Å². The van der Waals surface area contributed by atoms with Crippen molar-refractivity contribution in [2.45, 2.75) is 63.7 Å². The fraction of sp³-hybridized carbons (Fsp3) is 0.850. The van der Waals surface area contributed by atoms with Crippen molar-refractivity contribution in [3.8, 4) is 0 Å². The molecule has 4 aliphatic rings. The average molecular weight is 392 g/mol. The van der Waals surface area contributed by atoms with Gasteiger partial charge in [0, 0.05) is 31.7 Å². The molecule has 4 atom stereocenters. The van der Waals surface area contributed by atoms with Crippen molar-refractivity contribution in [2.24, 2.45) is 17.8 Å². The number of nitrogens with zero attached hydrogens (tertiary/aromatic N) is 2. The third kappa shape index (κ3) is 4.03. The number of piperidine rings is 1. The van der Waals surface area contributed by atoms with Crippen LogP contribution in [0.3, 0.4) is 0 Å². The minimum Gasteiger partial charge on any atom is -0.355 e. The molecule has 2 aliphatic carbocycles. The molecule has 2 saturated heterocycles. The maximum absolute atomic E-state index is 13.1. The fourth-order valence-corrected chi connectivity index (χ4v) is 4.79. The van der Waals surface area contributed by atoms with Gasteiger partial charge in [0.15, 0.2) is 0 Å². The van der Waals surface area contributed by atoms with Crippen LogP contribution in [0.5, 0.6) is 0 Å². The van der Waals surface area contributed by atoms with Crippen molar-refractivity contribution in [1.82, 2.24) is 25.8 Å². The third-order valence-corrected chi connectivity index (χ3v) is 6.72. The summed E-state index contributed by atoms with van der Waals surface area (Å²) in [5.41, 5.74) is 0. The highest BCUT2D eigenvalue weighted by atomic mass is 16.2. The summed E-state index contributed by atoms with van der Waals surface area (Å²) >= 11 is 0. The van der Waals surface area contributed by atoms with Crippen LogP contribution in [-0.4, -0.2) is 72.6 Å². The van der Waals surface area contributed by atoms with Crippen LogP contribution in [0.15, 0.2) is 0 Å². The molecule has 2 heterocycles. The van der Waals surface area contributed by atoms with Crippen molar-refractivity contribution < 1.29 is 14.4 Å². The van der Waals surface area contributed by atoms with Crippen LogP contribution in [0.2, 0.25) is 0 Å². The Labute approximate surface area is 166 Å². The summed E-state index contributed by atoms with van der Waals surface area (Å²) in [6.07, 6.45) is 5.89. The zero-order chi connectivity index (χ0) is 19.8. The Balaban J connectivity index is 1.46. The Morgan fingerprint density at radius 1 is 1.25 bits per heavy atom. The summed E-state index contributed by atoms with van der Waals surface area (Å²) in [7, 11) is 2.09. The molecule has 4 rings (SSSR count). The number of imide groups is 1. The maximum atomic E-state index is 13.1. The lowest BCUT2D eigenvalue weighted by Crippen LogP contribution is -2.71. The second kappa shape index (κ2) is 7.99. The molecule has 8 nitrogen and oxygen atoms in total. The van der Waals surface area contributed by atoms with Gasteiger partial charge in [0.25, 0.3) is 0 Å². The van der Waals surface area contributed by atoms with Crippen molar-refractivity contribution in [3.05, 3.63) is 0 Å². The first kappa shape index (κ1) is 19.6. The molecule has 0 aromatic carbocycles. The molecule has 4 unspecified atom stereocenters. The number of urea groups is 1. The van der Waals surface area contributed by atoms with E-state index in [1.807, 2.05) is 6.92 Å². The molecule has 0 aromatic rings. The van der Waals surface area contributed by atoms with Crippen LogP contribution in [0.4, 0.5) is 4.79 Å². The van der Waals surface area contributed by atoms with Crippen LogP contribution in [-0.2, 0) is 9.59 Å². The molecule has 0 aromatic heterocycles.